The number of carbonyl (C=O) groups excluding carboxylic acids is 1. The molecule has 412 valence electrons. The maximum atomic E-state index is 13.0. The number of nitrogens with zero attached hydrogens (tertiary/aromatic N) is 1. The Kier molecular flexibility index (Phi) is 51.2. The zero-order valence-electron chi connectivity index (χ0n) is 47.0. The summed E-state index contributed by atoms with van der Waals surface area (Å²) < 4.78 is 23.3. The number of phosphoric acid groups is 1. The number of amides is 1. The molecule has 0 aliphatic heterocycles. The molecule has 8 nitrogen and oxygen atoms in total. The molecule has 2 N–H and O–H groups in total. The molecule has 0 spiro atoms. The van der Waals surface area contributed by atoms with E-state index in [1.807, 2.05) is 27.2 Å². The first-order valence-corrected chi connectivity index (χ1v) is 31.5. The largest absolute Gasteiger partial charge is 0.756 e. The molecule has 3 unspecified atom stereocenters. The van der Waals surface area contributed by atoms with Crippen molar-refractivity contribution in [3.8, 4) is 0 Å². The molecule has 9 heteroatoms. The highest BCUT2D eigenvalue weighted by Gasteiger charge is 2.23. The number of phosphoric ester groups is 1. The van der Waals surface area contributed by atoms with E-state index >= 15 is 0 Å². The lowest BCUT2D eigenvalue weighted by Crippen LogP contribution is -2.45. The van der Waals surface area contributed by atoms with E-state index in [1.54, 1.807) is 6.08 Å². The van der Waals surface area contributed by atoms with Crippen LogP contribution in [-0.2, 0) is 18.4 Å². The highest BCUT2D eigenvalue weighted by Crippen LogP contribution is 2.38. The van der Waals surface area contributed by atoms with Gasteiger partial charge in [-0.25, -0.2) is 0 Å². The summed E-state index contributed by atoms with van der Waals surface area (Å²) in [7, 11) is 1.25. The standard InChI is InChI=1S/C61H117N2O6P/c1-6-8-10-12-14-16-18-20-22-24-25-26-27-28-29-30-31-32-33-34-35-36-37-39-41-43-45-47-49-51-53-55-61(65)62-59(58-69-70(66,67)68-57-56-63(3,4)5)60(64)54-52-50-48-46-44-42-40-38-23-21-19-17-15-13-11-9-7-2/h25-26,28-29,44,46,52,54,59-60,64H,6-24,27,30-43,45,47-51,53,55-58H2,1-5H3,(H-,62,65,66,67)/b26-25-,29-28-,46-44+,54-52+. The molecule has 0 heterocycles. The van der Waals surface area contributed by atoms with E-state index < -0.39 is 26.6 Å². The van der Waals surface area contributed by atoms with Crippen LogP contribution in [0.4, 0.5) is 0 Å². The maximum absolute atomic E-state index is 13.0. The van der Waals surface area contributed by atoms with Crippen LogP contribution < -0.4 is 10.2 Å². The van der Waals surface area contributed by atoms with Crippen molar-refractivity contribution in [1.82, 2.24) is 5.32 Å². The molecular weight excluding hydrogens is 888 g/mol. The van der Waals surface area contributed by atoms with Gasteiger partial charge in [0.2, 0.25) is 5.91 Å². The lowest BCUT2D eigenvalue weighted by molar-refractivity contribution is -0.870. The number of unbranched alkanes of at least 4 members (excludes halogenated alkanes) is 36. The summed E-state index contributed by atoms with van der Waals surface area (Å²) in [5.41, 5.74) is 0. The summed E-state index contributed by atoms with van der Waals surface area (Å²) in [6, 6.07) is -0.904. The molecule has 3 atom stereocenters. The number of hydrogen-bond donors (Lipinski definition) is 2. The van der Waals surface area contributed by atoms with Crippen LogP contribution in [0.2, 0.25) is 0 Å². The van der Waals surface area contributed by atoms with Crippen molar-refractivity contribution in [2.75, 3.05) is 40.9 Å². The lowest BCUT2D eigenvalue weighted by atomic mass is 10.0. The van der Waals surface area contributed by atoms with Crippen molar-refractivity contribution in [2.45, 2.75) is 296 Å². The summed E-state index contributed by atoms with van der Waals surface area (Å²) in [6.45, 7) is 4.65. The Bertz CT molecular complexity index is 1280. The van der Waals surface area contributed by atoms with Gasteiger partial charge in [-0.3, -0.25) is 9.36 Å². The van der Waals surface area contributed by atoms with E-state index in [1.165, 1.54) is 218 Å². The second-order valence-corrected chi connectivity index (χ2v) is 23.1. The van der Waals surface area contributed by atoms with Crippen molar-refractivity contribution < 1.29 is 32.9 Å². The molecular formula is C61H117N2O6P. The van der Waals surface area contributed by atoms with E-state index in [2.05, 4.69) is 55.6 Å². The van der Waals surface area contributed by atoms with Crippen LogP contribution in [0.1, 0.15) is 284 Å². The van der Waals surface area contributed by atoms with Crippen LogP contribution in [0.25, 0.3) is 0 Å². The minimum absolute atomic E-state index is 0.00631. The summed E-state index contributed by atoms with van der Waals surface area (Å²) in [5.74, 6) is -0.205. The van der Waals surface area contributed by atoms with Crippen LogP contribution >= 0.6 is 7.82 Å². The molecule has 0 aromatic heterocycles. The predicted molar refractivity (Wildman–Crippen MR) is 302 cm³/mol. The topological polar surface area (TPSA) is 108 Å². The Labute approximate surface area is 435 Å². The first-order valence-electron chi connectivity index (χ1n) is 30.0. The maximum Gasteiger partial charge on any atom is 0.268 e. The molecule has 0 rings (SSSR count). The van der Waals surface area contributed by atoms with Gasteiger partial charge in [0.1, 0.15) is 13.2 Å². The molecule has 70 heavy (non-hydrogen) atoms. The molecule has 0 aromatic carbocycles. The van der Waals surface area contributed by atoms with Gasteiger partial charge in [0, 0.05) is 6.42 Å². The number of quaternary nitrogens is 1. The highest BCUT2D eigenvalue weighted by atomic mass is 31.2. The normalized spacial score (nSPS) is 14.2. The summed E-state index contributed by atoms with van der Waals surface area (Å²) in [6.07, 6.45) is 69.2. The highest BCUT2D eigenvalue weighted by molar-refractivity contribution is 7.45. The summed E-state index contributed by atoms with van der Waals surface area (Å²) >= 11 is 0. The summed E-state index contributed by atoms with van der Waals surface area (Å²) in [5, 5.41) is 13.9. The molecule has 0 saturated carbocycles. The third-order valence-corrected chi connectivity index (χ3v) is 14.5. The zero-order valence-corrected chi connectivity index (χ0v) is 47.9. The van der Waals surface area contributed by atoms with E-state index in [0.29, 0.717) is 17.4 Å². The number of nitrogens with one attached hydrogen (secondary N) is 1. The van der Waals surface area contributed by atoms with Gasteiger partial charge in [-0.05, 0) is 64.2 Å². The van der Waals surface area contributed by atoms with Crippen molar-refractivity contribution in [3.63, 3.8) is 0 Å². The average molecular weight is 1010 g/mol. The number of aliphatic hydroxyl groups excluding tert-OH is 1. The van der Waals surface area contributed by atoms with E-state index in [-0.39, 0.29) is 12.5 Å². The fourth-order valence-electron chi connectivity index (χ4n) is 8.79. The molecule has 0 fully saturated rings. The van der Waals surface area contributed by atoms with E-state index in [4.69, 9.17) is 9.05 Å². The molecule has 0 saturated heterocycles. The van der Waals surface area contributed by atoms with E-state index in [0.717, 1.165) is 44.9 Å². The van der Waals surface area contributed by atoms with Gasteiger partial charge in [0.25, 0.3) is 7.82 Å². The van der Waals surface area contributed by atoms with Gasteiger partial charge in [0.05, 0.1) is 39.9 Å². The third-order valence-electron chi connectivity index (χ3n) is 13.5. The summed E-state index contributed by atoms with van der Waals surface area (Å²) in [4.78, 5) is 25.5. The second-order valence-electron chi connectivity index (χ2n) is 21.7. The van der Waals surface area contributed by atoms with Crippen molar-refractivity contribution in [2.24, 2.45) is 0 Å². The number of hydrogen-bond acceptors (Lipinski definition) is 6. The van der Waals surface area contributed by atoms with Gasteiger partial charge in [-0.1, -0.05) is 262 Å². The van der Waals surface area contributed by atoms with Crippen LogP contribution in [-0.4, -0.2) is 68.5 Å². The number of allylic oxidation sites excluding steroid dienone is 7. The van der Waals surface area contributed by atoms with Gasteiger partial charge >= 0.3 is 0 Å². The lowest BCUT2D eigenvalue weighted by Gasteiger charge is -2.29. The first-order chi connectivity index (χ1) is 34.0. The third kappa shape index (κ3) is 54.2. The van der Waals surface area contributed by atoms with Crippen LogP contribution in [0.3, 0.4) is 0 Å². The fourth-order valence-corrected chi connectivity index (χ4v) is 9.51. The molecule has 0 aliphatic carbocycles. The Hall–Kier alpha value is -1.54. The molecule has 0 bridgehead atoms. The van der Waals surface area contributed by atoms with Crippen LogP contribution in [0.15, 0.2) is 48.6 Å². The Morgan fingerprint density at radius 1 is 0.500 bits per heavy atom. The average Bonchev–Trinajstić information content (AvgIpc) is 3.32. The van der Waals surface area contributed by atoms with Crippen LogP contribution in [0, 0.1) is 0 Å². The first kappa shape index (κ1) is 68.5. The molecule has 0 aliphatic rings. The Balaban J connectivity index is 4.12. The van der Waals surface area contributed by atoms with Crippen molar-refractivity contribution >= 4 is 13.7 Å². The Morgan fingerprint density at radius 2 is 0.843 bits per heavy atom. The minimum Gasteiger partial charge on any atom is -0.756 e. The molecule has 0 aromatic rings. The number of likely N-dealkylation sites (N-methyl/N-ethyl adjacent to an activating group) is 1. The predicted octanol–water partition coefficient (Wildman–Crippen LogP) is 17.7. The number of carbonyl (C=O) groups is 1. The smallest absolute Gasteiger partial charge is 0.268 e. The van der Waals surface area contributed by atoms with Gasteiger partial charge in [-0.15, -0.1) is 0 Å². The van der Waals surface area contributed by atoms with Crippen molar-refractivity contribution in [3.05, 3.63) is 48.6 Å². The van der Waals surface area contributed by atoms with Gasteiger partial charge in [0.15, 0.2) is 0 Å². The second kappa shape index (κ2) is 52.3. The van der Waals surface area contributed by atoms with Crippen molar-refractivity contribution in [1.29, 1.82) is 0 Å². The quantitative estimate of drug-likeness (QED) is 0.0272. The monoisotopic (exact) mass is 1000 g/mol. The van der Waals surface area contributed by atoms with Gasteiger partial charge in [-0.2, -0.15) is 0 Å². The molecule has 1 amide bonds. The zero-order chi connectivity index (χ0) is 51.3. The van der Waals surface area contributed by atoms with Crippen LogP contribution in [0.5, 0.6) is 0 Å². The molecule has 0 radical (unpaired) electrons. The van der Waals surface area contributed by atoms with Gasteiger partial charge < -0.3 is 28.8 Å². The Morgan fingerprint density at radius 3 is 1.24 bits per heavy atom. The SMILES string of the molecule is CCCCCCCCCCC/C=C\C/C=C\CCCCCCCCCCCCCCCCCC(=O)NC(COP(=O)([O-])OCC[N+](C)(C)C)C(O)/C=C/CC/C=C/CCCCCCCCCCCCC. The van der Waals surface area contributed by atoms with E-state index in [9.17, 15) is 19.4 Å². The number of aliphatic hydroxyl groups is 1. The minimum atomic E-state index is -4.60. The number of rotatable bonds is 55. The fraction of sp³-hybridized carbons (Fsp3) is 0.852.